The molecule has 3 rings (SSSR count). The Balaban J connectivity index is 1.52. The fourth-order valence-corrected chi connectivity index (χ4v) is 2.93. The summed E-state index contributed by atoms with van der Waals surface area (Å²) in [5.74, 6) is 0.654. The minimum Gasteiger partial charge on any atom is -0.339 e. The van der Waals surface area contributed by atoms with E-state index in [9.17, 15) is 18.0 Å². The number of carbonyl (C=O) groups excluding carboxylic acids is 1. The van der Waals surface area contributed by atoms with Crippen LogP contribution in [0, 0.1) is 5.92 Å². The number of alkyl halides is 3. The molecule has 0 unspecified atom stereocenters. The fraction of sp³-hybridized carbons (Fsp3) is 0.588. The number of rotatable bonds is 4. The van der Waals surface area contributed by atoms with Crippen LogP contribution in [0.5, 0.6) is 0 Å². The number of nitrogens with zero attached hydrogens (tertiary/aromatic N) is 1. The quantitative estimate of drug-likeness (QED) is 0.921. The molecule has 1 aromatic rings. The summed E-state index contributed by atoms with van der Waals surface area (Å²) in [6.45, 7) is 2.38. The number of amides is 1. The Bertz CT molecular complexity index is 544. The normalized spacial score (nSPS) is 19.9. The van der Waals surface area contributed by atoms with Crippen LogP contribution in [0.2, 0.25) is 0 Å². The molecule has 0 bridgehead atoms. The highest BCUT2D eigenvalue weighted by Crippen LogP contribution is 2.30. The summed E-state index contributed by atoms with van der Waals surface area (Å²) < 4.78 is 37.6. The fourth-order valence-electron chi connectivity index (χ4n) is 2.93. The third-order valence-corrected chi connectivity index (χ3v) is 4.63. The van der Waals surface area contributed by atoms with Gasteiger partial charge in [-0.15, -0.1) is 0 Å². The molecular weight excluding hydrogens is 305 g/mol. The predicted octanol–water partition coefficient (Wildman–Crippen LogP) is 3.31. The molecule has 1 saturated carbocycles. The Morgan fingerprint density at radius 3 is 2.22 bits per heavy atom. The zero-order chi connectivity index (χ0) is 16.4. The number of likely N-dealkylation sites (tertiary alicyclic amines) is 1. The Morgan fingerprint density at radius 1 is 1.09 bits per heavy atom. The van der Waals surface area contributed by atoms with Gasteiger partial charge in [0.1, 0.15) is 0 Å². The maximum atomic E-state index is 12.5. The van der Waals surface area contributed by atoms with Gasteiger partial charge in [0.05, 0.1) is 5.56 Å². The van der Waals surface area contributed by atoms with Crippen molar-refractivity contribution in [3.05, 3.63) is 35.4 Å². The van der Waals surface area contributed by atoms with Crippen molar-refractivity contribution in [2.45, 2.75) is 37.9 Å². The number of halogens is 3. The van der Waals surface area contributed by atoms with E-state index < -0.39 is 11.7 Å². The van der Waals surface area contributed by atoms with Gasteiger partial charge in [-0.05, 0) is 62.4 Å². The average molecular weight is 326 g/mol. The minimum atomic E-state index is -4.37. The van der Waals surface area contributed by atoms with Crippen molar-refractivity contribution >= 4 is 5.91 Å². The molecule has 1 N–H and O–H groups in total. The molecule has 1 heterocycles. The zero-order valence-corrected chi connectivity index (χ0v) is 12.9. The van der Waals surface area contributed by atoms with Gasteiger partial charge in [0.15, 0.2) is 0 Å². The molecule has 1 aliphatic heterocycles. The summed E-state index contributed by atoms with van der Waals surface area (Å²) in [6.07, 6.45) is 0.0713. The van der Waals surface area contributed by atoms with Crippen LogP contribution >= 0.6 is 0 Å². The molecule has 0 atom stereocenters. The van der Waals surface area contributed by atoms with Crippen LogP contribution in [0.25, 0.3) is 0 Å². The number of nitrogens with one attached hydrogen (secondary N) is 1. The number of hydrogen-bond acceptors (Lipinski definition) is 2. The Kier molecular flexibility index (Phi) is 4.62. The highest BCUT2D eigenvalue weighted by atomic mass is 19.4. The Labute approximate surface area is 133 Å². The lowest BCUT2D eigenvalue weighted by atomic mass is 10.0. The van der Waals surface area contributed by atoms with Crippen molar-refractivity contribution in [3.8, 4) is 0 Å². The van der Waals surface area contributed by atoms with Gasteiger partial charge in [-0.1, -0.05) is 0 Å². The first-order valence-corrected chi connectivity index (χ1v) is 8.13. The largest absolute Gasteiger partial charge is 0.416 e. The zero-order valence-electron chi connectivity index (χ0n) is 12.9. The van der Waals surface area contributed by atoms with E-state index in [1.54, 1.807) is 4.90 Å². The third-order valence-electron chi connectivity index (χ3n) is 4.63. The first-order chi connectivity index (χ1) is 10.9. The number of benzene rings is 1. The first kappa shape index (κ1) is 16.3. The maximum absolute atomic E-state index is 12.5. The molecule has 23 heavy (non-hydrogen) atoms. The molecule has 6 heteroatoms. The van der Waals surface area contributed by atoms with Crippen LogP contribution < -0.4 is 5.32 Å². The highest BCUT2D eigenvalue weighted by Gasteiger charge is 2.31. The van der Waals surface area contributed by atoms with Crippen molar-refractivity contribution in [2.24, 2.45) is 5.92 Å². The van der Waals surface area contributed by atoms with Crippen LogP contribution in [0.4, 0.5) is 13.2 Å². The van der Waals surface area contributed by atoms with Gasteiger partial charge in [-0.25, -0.2) is 0 Å². The van der Waals surface area contributed by atoms with Crippen molar-refractivity contribution in [1.82, 2.24) is 10.2 Å². The molecular formula is C17H21F3N2O. The maximum Gasteiger partial charge on any atom is 0.416 e. The monoisotopic (exact) mass is 326 g/mol. The second kappa shape index (κ2) is 6.51. The van der Waals surface area contributed by atoms with Gasteiger partial charge in [0, 0.05) is 24.7 Å². The van der Waals surface area contributed by atoms with Crippen LogP contribution in [0.1, 0.15) is 41.6 Å². The number of carbonyl (C=O) groups is 1. The van der Waals surface area contributed by atoms with Crippen LogP contribution in [0.15, 0.2) is 24.3 Å². The molecule has 0 spiro atoms. The van der Waals surface area contributed by atoms with Gasteiger partial charge >= 0.3 is 6.18 Å². The predicted molar refractivity (Wildman–Crippen MR) is 81.1 cm³/mol. The summed E-state index contributed by atoms with van der Waals surface area (Å²) in [5, 5.41) is 3.54. The van der Waals surface area contributed by atoms with E-state index in [4.69, 9.17) is 0 Å². The van der Waals surface area contributed by atoms with Crippen molar-refractivity contribution < 1.29 is 18.0 Å². The van der Waals surface area contributed by atoms with Crippen LogP contribution in [-0.4, -0.2) is 36.5 Å². The standard InChI is InChI=1S/C17H21F3N2O/c18-17(19,20)14-5-3-13(4-6-14)16(23)22-9-7-15(8-10-22)21-11-12-1-2-12/h3-6,12,15,21H,1-2,7-11H2. The smallest absolute Gasteiger partial charge is 0.339 e. The minimum absolute atomic E-state index is 0.181. The molecule has 126 valence electrons. The van der Waals surface area contributed by atoms with Crippen molar-refractivity contribution in [1.29, 1.82) is 0 Å². The van der Waals surface area contributed by atoms with Crippen molar-refractivity contribution in [2.75, 3.05) is 19.6 Å². The lowest BCUT2D eigenvalue weighted by Crippen LogP contribution is -2.45. The van der Waals surface area contributed by atoms with Gasteiger partial charge < -0.3 is 10.2 Å². The topological polar surface area (TPSA) is 32.3 Å². The summed E-state index contributed by atoms with van der Waals surface area (Å²) in [6, 6.07) is 4.92. The average Bonchev–Trinajstić information content (AvgIpc) is 3.36. The van der Waals surface area contributed by atoms with Crippen molar-refractivity contribution in [3.63, 3.8) is 0 Å². The Hall–Kier alpha value is -1.56. The third kappa shape index (κ3) is 4.25. The van der Waals surface area contributed by atoms with Crippen LogP contribution in [-0.2, 0) is 6.18 Å². The molecule has 2 aliphatic rings. The molecule has 1 saturated heterocycles. The van der Waals surface area contributed by atoms with E-state index in [1.807, 2.05) is 0 Å². The molecule has 3 nitrogen and oxygen atoms in total. The van der Waals surface area contributed by atoms with E-state index in [0.29, 0.717) is 24.7 Å². The van der Waals surface area contributed by atoms with Gasteiger partial charge in [0.25, 0.3) is 5.91 Å². The summed E-state index contributed by atoms with van der Waals surface area (Å²) >= 11 is 0. The summed E-state index contributed by atoms with van der Waals surface area (Å²) in [7, 11) is 0. The van der Waals surface area contributed by atoms with E-state index in [0.717, 1.165) is 37.4 Å². The number of piperidine rings is 1. The molecule has 1 aromatic carbocycles. The van der Waals surface area contributed by atoms with Gasteiger partial charge in [-0.3, -0.25) is 4.79 Å². The summed E-state index contributed by atoms with van der Waals surface area (Å²) in [5.41, 5.74) is -0.403. The first-order valence-electron chi connectivity index (χ1n) is 8.13. The second-order valence-electron chi connectivity index (χ2n) is 6.49. The van der Waals surface area contributed by atoms with E-state index in [2.05, 4.69) is 5.32 Å². The molecule has 1 aliphatic carbocycles. The lowest BCUT2D eigenvalue weighted by Gasteiger charge is -2.32. The SMILES string of the molecule is O=C(c1ccc(C(F)(F)F)cc1)N1CCC(NCC2CC2)CC1. The Morgan fingerprint density at radius 2 is 1.70 bits per heavy atom. The molecule has 2 fully saturated rings. The van der Waals surface area contributed by atoms with E-state index in [1.165, 1.54) is 25.0 Å². The lowest BCUT2D eigenvalue weighted by molar-refractivity contribution is -0.137. The van der Waals surface area contributed by atoms with E-state index >= 15 is 0 Å². The van der Waals surface area contributed by atoms with E-state index in [-0.39, 0.29) is 5.91 Å². The summed E-state index contributed by atoms with van der Waals surface area (Å²) in [4.78, 5) is 14.1. The number of hydrogen-bond donors (Lipinski definition) is 1. The molecule has 0 radical (unpaired) electrons. The van der Waals surface area contributed by atoms with Gasteiger partial charge in [-0.2, -0.15) is 13.2 Å². The molecule has 1 amide bonds. The highest BCUT2D eigenvalue weighted by molar-refractivity contribution is 5.94. The second-order valence-corrected chi connectivity index (χ2v) is 6.49. The van der Waals surface area contributed by atoms with Gasteiger partial charge in [0.2, 0.25) is 0 Å². The molecule has 0 aromatic heterocycles. The van der Waals surface area contributed by atoms with Crippen LogP contribution in [0.3, 0.4) is 0 Å².